The summed E-state index contributed by atoms with van der Waals surface area (Å²) in [5, 5.41) is 4.65. The second kappa shape index (κ2) is 6.24. The first-order chi connectivity index (χ1) is 8.49. The van der Waals surface area contributed by atoms with Crippen LogP contribution in [-0.4, -0.2) is 30.8 Å². The SMILES string of the molecule is NC(=O)CNC(=O)CNC(=O)c1ccc(N)cc1. The Bertz CT molecular complexity index is 456. The van der Waals surface area contributed by atoms with Crippen molar-refractivity contribution in [3.8, 4) is 0 Å². The molecule has 0 aliphatic carbocycles. The molecule has 0 aromatic heterocycles. The molecule has 6 N–H and O–H groups in total. The van der Waals surface area contributed by atoms with Crippen molar-refractivity contribution in [2.75, 3.05) is 18.8 Å². The fraction of sp³-hybridized carbons (Fsp3) is 0.182. The van der Waals surface area contributed by atoms with Crippen LogP contribution in [0.25, 0.3) is 0 Å². The number of hydrogen-bond donors (Lipinski definition) is 4. The summed E-state index contributed by atoms with van der Waals surface area (Å²) in [5.41, 5.74) is 11.3. The highest BCUT2D eigenvalue weighted by molar-refractivity contribution is 5.97. The van der Waals surface area contributed by atoms with Crippen molar-refractivity contribution in [1.29, 1.82) is 0 Å². The van der Waals surface area contributed by atoms with Crippen LogP contribution in [0.1, 0.15) is 10.4 Å². The van der Waals surface area contributed by atoms with Gasteiger partial charge in [-0.1, -0.05) is 0 Å². The molecule has 0 atom stereocenters. The Morgan fingerprint density at radius 3 is 2.17 bits per heavy atom. The normalized spacial score (nSPS) is 9.56. The minimum absolute atomic E-state index is 0.226. The Labute approximate surface area is 104 Å². The van der Waals surface area contributed by atoms with E-state index in [0.29, 0.717) is 11.3 Å². The highest BCUT2D eigenvalue weighted by Crippen LogP contribution is 2.04. The maximum atomic E-state index is 11.6. The quantitative estimate of drug-likeness (QED) is 0.479. The van der Waals surface area contributed by atoms with Crippen LogP contribution in [0, 0.1) is 0 Å². The summed E-state index contributed by atoms with van der Waals surface area (Å²) in [5.74, 6) is -1.53. The van der Waals surface area contributed by atoms with E-state index in [4.69, 9.17) is 11.5 Å². The lowest BCUT2D eigenvalue weighted by Gasteiger charge is -2.05. The van der Waals surface area contributed by atoms with E-state index in [2.05, 4.69) is 10.6 Å². The molecular weight excluding hydrogens is 236 g/mol. The molecule has 0 saturated heterocycles. The molecule has 18 heavy (non-hydrogen) atoms. The van der Waals surface area contributed by atoms with Gasteiger partial charge in [-0.25, -0.2) is 0 Å². The first-order valence-corrected chi connectivity index (χ1v) is 5.18. The topological polar surface area (TPSA) is 127 Å². The molecule has 0 aliphatic heterocycles. The standard InChI is InChI=1S/C11H14N4O3/c12-8-3-1-7(2-4-8)11(18)15-6-10(17)14-5-9(13)16/h1-4H,5-6,12H2,(H2,13,16)(H,14,17)(H,15,18). The third-order valence-electron chi connectivity index (χ3n) is 2.04. The van der Waals surface area contributed by atoms with Gasteiger partial charge in [0.15, 0.2) is 0 Å². The first-order valence-electron chi connectivity index (χ1n) is 5.18. The number of nitrogens with one attached hydrogen (secondary N) is 2. The number of amides is 3. The van der Waals surface area contributed by atoms with Gasteiger partial charge in [0.2, 0.25) is 11.8 Å². The van der Waals surface area contributed by atoms with E-state index in [9.17, 15) is 14.4 Å². The van der Waals surface area contributed by atoms with Crippen molar-refractivity contribution in [1.82, 2.24) is 10.6 Å². The monoisotopic (exact) mass is 250 g/mol. The third-order valence-corrected chi connectivity index (χ3v) is 2.04. The van der Waals surface area contributed by atoms with Gasteiger partial charge in [0.05, 0.1) is 13.1 Å². The molecule has 0 saturated carbocycles. The van der Waals surface area contributed by atoms with Crippen molar-refractivity contribution in [3.05, 3.63) is 29.8 Å². The van der Waals surface area contributed by atoms with E-state index in [1.165, 1.54) is 0 Å². The van der Waals surface area contributed by atoms with E-state index < -0.39 is 17.7 Å². The number of rotatable bonds is 5. The number of carbonyl (C=O) groups excluding carboxylic acids is 3. The highest BCUT2D eigenvalue weighted by atomic mass is 16.2. The maximum absolute atomic E-state index is 11.6. The number of hydrogen-bond acceptors (Lipinski definition) is 4. The summed E-state index contributed by atoms with van der Waals surface area (Å²) in [7, 11) is 0. The number of nitrogen functional groups attached to an aromatic ring is 1. The third kappa shape index (κ3) is 4.52. The number of benzene rings is 1. The summed E-state index contributed by atoms with van der Waals surface area (Å²) < 4.78 is 0. The Hall–Kier alpha value is -2.57. The molecule has 0 bridgehead atoms. The fourth-order valence-corrected chi connectivity index (χ4v) is 1.15. The maximum Gasteiger partial charge on any atom is 0.251 e. The molecule has 0 spiro atoms. The Morgan fingerprint density at radius 1 is 1.00 bits per heavy atom. The Morgan fingerprint density at radius 2 is 1.61 bits per heavy atom. The van der Waals surface area contributed by atoms with Gasteiger partial charge in [0.1, 0.15) is 0 Å². The number of carbonyl (C=O) groups is 3. The van der Waals surface area contributed by atoms with Crippen LogP contribution in [0.15, 0.2) is 24.3 Å². The fourth-order valence-electron chi connectivity index (χ4n) is 1.15. The summed E-state index contributed by atoms with van der Waals surface area (Å²) in [6, 6.07) is 6.27. The van der Waals surface area contributed by atoms with Gasteiger partial charge in [-0.3, -0.25) is 14.4 Å². The molecule has 1 aromatic carbocycles. The van der Waals surface area contributed by atoms with Gasteiger partial charge in [0.25, 0.3) is 5.91 Å². The molecule has 3 amide bonds. The first kappa shape index (κ1) is 13.5. The van der Waals surface area contributed by atoms with Gasteiger partial charge < -0.3 is 22.1 Å². The molecule has 0 fully saturated rings. The number of anilines is 1. The number of primary amides is 1. The average molecular weight is 250 g/mol. The van der Waals surface area contributed by atoms with Crippen LogP contribution >= 0.6 is 0 Å². The van der Waals surface area contributed by atoms with Crippen LogP contribution in [0.2, 0.25) is 0 Å². The van der Waals surface area contributed by atoms with Gasteiger partial charge in [-0.15, -0.1) is 0 Å². The second-order valence-corrected chi connectivity index (χ2v) is 3.55. The van der Waals surface area contributed by atoms with E-state index in [1.807, 2.05) is 0 Å². The number of nitrogens with two attached hydrogens (primary N) is 2. The molecule has 1 rings (SSSR count). The molecular formula is C11H14N4O3. The van der Waals surface area contributed by atoms with Crippen molar-refractivity contribution in [2.24, 2.45) is 5.73 Å². The smallest absolute Gasteiger partial charge is 0.251 e. The summed E-state index contributed by atoms with van der Waals surface area (Å²) in [6.07, 6.45) is 0. The molecule has 7 heteroatoms. The van der Waals surface area contributed by atoms with Gasteiger partial charge >= 0.3 is 0 Å². The second-order valence-electron chi connectivity index (χ2n) is 3.55. The summed E-state index contributed by atoms with van der Waals surface area (Å²) in [6.45, 7) is -0.479. The molecule has 0 aliphatic rings. The predicted octanol–water partition coefficient (Wildman–Crippen LogP) is -1.40. The van der Waals surface area contributed by atoms with E-state index in [-0.39, 0.29) is 13.1 Å². The molecule has 96 valence electrons. The Kier molecular flexibility index (Phi) is 4.67. The Balaban J connectivity index is 2.39. The largest absolute Gasteiger partial charge is 0.399 e. The summed E-state index contributed by atoms with van der Waals surface area (Å²) >= 11 is 0. The van der Waals surface area contributed by atoms with Crippen molar-refractivity contribution in [3.63, 3.8) is 0 Å². The molecule has 1 aromatic rings. The highest BCUT2D eigenvalue weighted by Gasteiger charge is 2.07. The zero-order valence-corrected chi connectivity index (χ0v) is 9.60. The van der Waals surface area contributed by atoms with Crippen LogP contribution in [0.4, 0.5) is 5.69 Å². The van der Waals surface area contributed by atoms with Crippen LogP contribution < -0.4 is 22.1 Å². The van der Waals surface area contributed by atoms with Crippen LogP contribution in [0.5, 0.6) is 0 Å². The molecule has 7 nitrogen and oxygen atoms in total. The molecule has 0 heterocycles. The lowest BCUT2D eigenvalue weighted by Crippen LogP contribution is -2.40. The lowest BCUT2D eigenvalue weighted by atomic mass is 10.2. The lowest BCUT2D eigenvalue weighted by molar-refractivity contribution is -0.124. The molecule has 0 unspecified atom stereocenters. The predicted molar refractivity (Wildman–Crippen MR) is 65.4 cm³/mol. The van der Waals surface area contributed by atoms with E-state index in [0.717, 1.165) is 0 Å². The van der Waals surface area contributed by atoms with E-state index in [1.54, 1.807) is 24.3 Å². The minimum Gasteiger partial charge on any atom is -0.399 e. The van der Waals surface area contributed by atoms with Gasteiger partial charge in [0, 0.05) is 11.3 Å². The van der Waals surface area contributed by atoms with E-state index >= 15 is 0 Å². The minimum atomic E-state index is -0.645. The van der Waals surface area contributed by atoms with Crippen LogP contribution in [0.3, 0.4) is 0 Å². The van der Waals surface area contributed by atoms with Crippen molar-refractivity contribution < 1.29 is 14.4 Å². The van der Waals surface area contributed by atoms with Crippen LogP contribution in [-0.2, 0) is 9.59 Å². The zero-order valence-electron chi connectivity index (χ0n) is 9.60. The van der Waals surface area contributed by atoms with Gasteiger partial charge in [-0.05, 0) is 24.3 Å². The zero-order chi connectivity index (χ0) is 13.5. The van der Waals surface area contributed by atoms with Crippen molar-refractivity contribution >= 4 is 23.4 Å². The summed E-state index contributed by atoms with van der Waals surface area (Å²) in [4.78, 5) is 33.2. The molecule has 0 radical (unpaired) electrons. The van der Waals surface area contributed by atoms with Gasteiger partial charge in [-0.2, -0.15) is 0 Å². The van der Waals surface area contributed by atoms with Crippen molar-refractivity contribution in [2.45, 2.75) is 0 Å². The average Bonchev–Trinajstić information content (AvgIpc) is 2.34.